The van der Waals surface area contributed by atoms with Gasteiger partial charge in [-0.05, 0) is 54.9 Å². The van der Waals surface area contributed by atoms with E-state index in [2.05, 4.69) is 0 Å². The van der Waals surface area contributed by atoms with E-state index in [4.69, 9.17) is 11.6 Å². The van der Waals surface area contributed by atoms with E-state index >= 15 is 0 Å². The first kappa shape index (κ1) is 17.2. The number of carbonyl (C=O) groups excluding carboxylic acids is 2. The third kappa shape index (κ3) is 2.91. The van der Waals surface area contributed by atoms with Crippen LogP contribution in [0.4, 0.5) is 0 Å². The van der Waals surface area contributed by atoms with Crippen molar-refractivity contribution in [3.63, 3.8) is 0 Å². The molecule has 0 amide bonds. The molecule has 0 radical (unpaired) electrons. The highest BCUT2D eigenvalue weighted by Gasteiger charge is 2.38. The van der Waals surface area contributed by atoms with Gasteiger partial charge in [0.15, 0.2) is 11.6 Å². The molecule has 4 heteroatoms. The van der Waals surface area contributed by atoms with E-state index in [-0.39, 0.29) is 11.4 Å². The molecule has 0 spiro atoms. The van der Waals surface area contributed by atoms with Gasteiger partial charge in [0.1, 0.15) is 6.10 Å². The third-order valence-electron chi connectivity index (χ3n) is 5.51. The summed E-state index contributed by atoms with van der Waals surface area (Å²) in [6, 6.07) is 14.7. The maximum atomic E-state index is 12.9. The molecule has 4 rings (SSSR count). The van der Waals surface area contributed by atoms with E-state index in [9.17, 15) is 14.7 Å². The van der Waals surface area contributed by atoms with E-state index < -0.39 is 11.9 Å². The summed E-state index contributed by atoms with van der Waals surface area (Å²) in [6.45, 7) is 0. The van der Waals surface area contributed by atoms with Gasteiger partial charge in [-0.15, -0.1) is 0 Å². The van der Waals surface area contributed by atoms with Crippen LogP contribution in [0.5, 0.6) is 0 Å². The maximum Gasteiger partial charge on any atom is 0.199 e. The van der Waals surface area contributed by atoms with Gasteiger partial charge in [-0.25, -0.2) is 0 Å². The van der Waals surface area contributed by atoms with Crippen LogP contribution in [0, 0.1) is 0 Å². The molecule has 2 aromatic carbocycles. The van der Waals surface area contributed by atoms with Crippen LogP contribution in [0.2, 0.25) is 5.02 Å². The summed E-state index contributed by atoms with van der Waals surface area (Å²) < 4.78 is 0. The lowest BCUT2D eigenvalue weighted by atomic mass is 9.75. The number of Topliss-reactive ketones (excluding diaryl/α,β-unsaturated/α-hetero) is 2. The lowest BCUT2D eigenvalue weighted by Crippen LogP contribution is -2.30. The Kier molecular flexibility index (Phi) is 4.51. The van der Waals surface area contributed by atoms with E-state index in [0.717, 1.165) is 23.4 Å². The number of fused-ring (bicyclic) bond motifs is 1. The van der Waals surface area contributed by atoms with Gasteiger partial charge >= 0.3 is 0 Å². The van der Waals surface area contributed by atoms with Gasteiger partial charge in [-0.3, -0.25) is 9.59 Å². The summed E-state index contributed by atoms with van der Waals surface area (Å²) >= 11 is 5.96. The predicted octanol–water partition coefficient (Wildman–Crippen LogP) is 4.79. The van der Waals surface area contributed by atoms with Gasteiger partial charge < -0.3 is 5.11 Å². The van der Waals surface area contributed by atoms with Crippen molar-refractivity contribution in [2.24, 2.45) is 0 Å². The molecule has 2 aliphatic rings. The molecule has 3 nitrogen and oxygen atoms in total. The Morgan fingerprint density at radius 2 is 1.58 bits per heavy atom. The minimum Gasteiger partial charge on any atom is -0.380 e. The maximum absolute atomic E-state index is 12.9. The van der Waals surface area contributed by atoms with Crippen molar-refractivity contribution in [2.45, 2.75) is 37.7 Å². The van der Waals surface area contributed by atoms with Crippen molar-refractivity contribution >= 4 is 23.2 Å². The molecule has 2 aromatic rings. The number of aliphatic hydroxyl groups excluding tert-OH is 1. The van der Waals surface area contributed by atoms with E-state index in [0.29, 0.717) is 29.9 Å². The van der Waals surface area contributed by atoms with Crippen LogP contribution in [-0.2, 0) is 4.79 Å². The Bertz CT molecular complexity index is 901. The normalized spacial score (nSPS) is 23.2. The zero-order valence-corrected chi connectivity index (χ0v) is 15.0. The molecule has 132 valence electrons. The summed E-state index contributed by atoms with van der Waals surface area (Å²) in [7, 11) is 0. The van der Waals surface area contributed by atoms with Crippen molar-refractivity contribution in [1.82, 2.24) is 0 Å². The Morgan fingerprint density at radius 3 is 2.27 bits per heavy atom. The molecule has 0 aromatic heterocycles. The third-order valence-corrected chi connectivity index (χ3v) is 5.76. The number of hydrogen-bond donors (Lipinski definition) is 1. The van der Waals surface area contributed by atoms with E-state index in [1.54, 1.807) is 24.3 Å². The highest BCUT2D eigenvalue weighted by Crippen LogP contribution is 2.40. The monoisotopic (exact) mass is 366 g/mol. The standard InChI is InChI=1S/C22H19ClO3/c23-16-11-9-14(10-12-16)13-5-7-15(8-6-13)19-20(24)17-3-1-2-4-18(17)21(25)22(19)26/h1-4,9-13,21,25H,5-8H2. The van der Waals surface area contributed by atoms with Gasteiger partial charge in [-0.1, -0.05) is 53.6 Å². The SMILES string of the molecule is O=C1C(=C2CCC(c3ccc(Cl)cc3)CC2)C(=O)C(O)c2ccccc21. The first-order valence-corrected chi connectivity index (χ1v) is 9.27. The number of rotatable bonds is 1. The first-order valence-electron chi connectivity index (χ1n) is 8.89. The number of benzene rings is 2. The average Bonchev–Trinajstić information content (AvgIpc) is 2.68. The van der Waals surface area contributed by atoms with Crippen LogP contribution in [0.1, 0.15) is 59.2 Å². The van der Waals surface area contributed by atoms with Crippen LogP contribution in [0.15, 0.2) is 59.7 Å². The van der Waals surface area contributed by atoms with Crippen molar-refractivity contribution in [3.05, 3.63) is 81.4 Å². The van der Waals surface area contributed by atoms with Crippen molar-refractivity contribution in [2.75, 3.05) is 0 Å². The van der Waals surface area contributed by atoms with E-state index in [1.807, 2.05) is 24.3 Å². The van der Waals surface area contributed by atoms with Crippen molar-refractivity contribution in [1.29, 1.82) is 0 Å². The lowest BCUT2D eigenvalue weighted by molar-refractivity contribution is -0.123. The quantitative estimate of drug-likeness (QED) is 0.583. The molecule has 0 aliphatic heterocycles. The highest BCUT2D eigenvalue weighted by molar-refractivity contribution is 6.31. The molecule has 0 bridgehead atoms. The molecule has 0 saturated heterocycles. The van der Waals surface area contributed by atoms with Crippen LogP contribution in [0.25, 0.3) is 0 Å². The zero-order valence-electron chi connectivity index (χ0n) is 14.2. The van der Waals surface area contributed by atoms with Gasteiger partial charge in [-0.2, -0.15) is 0 Å². The molecule has 1 unspecified atom stereocenters. The number of hydrogen-bond acceptors (Lipinski definition) is 3. The smallest absolute Gasteiger partial charge is 0.199 e. The fraction of sp³-hybridized carbons (Fsp3) is 0.273. The topological polar surface area (TPSA) is 54.4 Å². The first-order chi connectivity index (χ1) is 12.6. The lowest BCUT2D eigenvalue weighted by Gasteiger charge is -2.28. The molecular weight excluding hydrogens is 348 g/mol. The predicted molar refractivity (Wildman–Crippen MR) is 100 cm³/mol. The largest absolute Gasteiger partial charge is 0.380 e. The Hall–Kier alpha value is -2.23. The average molecular weight is 367 g/mol. The van der Waals surface area contributed by atoms with Gasteiger partial charge in [0.05, 0.1) is 5.57 Å². The number of halogens is 1. The van der Waals surface area contributed by atoms with E-state index in [1.165, 1.54) is 5.56 Å². The van der Waals surface area contributed by atoms with Crippen molar-refractivity contribution < 1.29 is 14.7 Å². The highest BCUT2D eigenvalue weighted by atomic mass is 35.5. The number of allylic oxidation sites excluding steroid dienone is 1. The van der Waals surface area contributed by atoms with Gasteiger partial charge in [0.25, 0.3) is 0 Å². The molecule has 0 heterocycles. The van der Waals surface area contributed by atoms with Crippen molar-refractivity contribution in [3.8, 4) is 0 Å². The summed E-state index contributed by atoms with van der Waals surface area (Å²) in [5.74, 6) is -0.285. The molecule has 1 N–H and O–H groups in total. The van der Waals surface area contributed by atoms with Crippen LogP contribution in [0.3, 0.4) is 0 Å². The summed E-state index contributed by atoms with van der Waals surface area (Å²) in [5.41, 5.74) is 3.21. The Balaban J connectivity index is 1.61. The number of carbonyl (C=O) groups is 2. The number of aliphatic hydroxyl groups is 1. The minimum atomic E-state index is -1.24. The molecule has 2 aliphatic carbocycles. The van der Waals surface area contributed by atoms with Crippen LogP contribution >= 0.6 is 11.6 Å². The Labute approximate surface area is 157 Å². The van der Waals surface area contributed by atoms with Gasteiger partial charge in [0.2, 0.25) is 0 Å². The second-order valence-electron chi connectivity index (χ2n) is 6.99. The van der Waals surface area contributed by atoms with Gasteiger partial charge in [0, 0.05) is 10.6 Å². The second-order valence-corrected chi connectivity index (χ2v) is 7.42. The minimum absolute atomic E-state index is 0.214. The van der Waals surface area contributed by atoms with Crippen LogP contribution in [-0.4, -0.2) is 16.7 Å². The molecule has 1 atom stereocenters. The van der Waals surface area contributed by atoms with Crippen LogP contribution < -0.4 is 0 Å². The number of ketones is 2. The summed E-state index contributed by atoms with van der Waals surface area (Å²) in [5, 5.41) is 11.1. The zero-order chi connectivity index (χ0) is 18.3. The fourth-order valence-electron chi connectivity index (χ4n) is 4.09. The molecule has 26 heavy (non-hydrogen) atoms. The second kappa shape index (κ2) is 6.82. The molecular formula is C22H19ClO3. The summed E-state index contributed by atoms with van der Waals surface area (Å²) in [6.07, 6.45) is 1.95. The fourth-order valence-corrected chi connectivity index (χ4v) is 4.21. The molecule has 1 fully saturated rings. The molecule has 1 saturated carbocycles. The summed E-state index contributed by atoms with van der Waals surface area (Å²) in [4.78, 5) is 25.5. The Morgan fingerprint density at radius 1 is 0.923 bits per heavy atom.